The first-order chi connectivity index (χ1) is 8.93. The Morgan fingerprint density at radius 2 is 1.74 bits per heavy atom. The van der Waals surface area contributed by atoms with Crippen LogP contribution in [0.15, 0.2) is 24.3 Å². The van der Waals surface area contributed by atoms with Gasteiger partial charge in [0.05, 0.1) is 0 Å². The van der Waals surface area contributed by atoms with Gasteiger partial charge in [-0.1, -0.05) is 31.5 Å². The Bertz CT molecular complexity index is 441. The third-order valence-corrected chi connectivity index (χ3v) is 2.77. The maximum Gasteiger partial charge on any atom is 0.255 e. The largest absolute Gasteiger partial charge is 0.325 e. The van der Waals surface area contributed by atoms with Crippen LogP contribution in [-0.4, -0.2) is 17.0 Å². The fraction of sp³-hybridized carbons (Fsp3) is 0.429. The van der Waals surface area contributed by atoms with Crippen molar-refractivity contribution >= 4 is 17.5 Å². The van der Waals surface area contributed by atoms with Crippen LogP contribution in [0, 0.1) is 18.8 Å². The predicted octanol–water partition coefficient (Wildman–Crippen LogP) is 2.10. The number of aryl methyl sites for hydroxylation is 1. The van der Waals surface area contributed by atoms with Gasteiger partial charge in [-0.25, -0.2) is 5.48 Å². The molecule has 0 aromatic heterocycles. The van der Waals surface area contributed by atoms with Crippen molar-refractivity contribution in [2.45, 2.75) is 27.2 Å². The molecule has 0 bridgehead atoms. The van der Waals surface area contributed by atoms with Crippen LogP contribution in [0.4, 0.5) is 5.69 Å². The monoisotopic (exact) mass is 264 g/mol. The molecular formula is C14H20N2O3. The summed E-state index contributed by atoms with van der Waals surface area (Å²) in [5.74, 6) is -1.82. The minimum absolute atomic E-state index is 0.172. The predicted molar refractivity (Wildman–Crippen MR) is 72.7 cm³/mol. The van der Waals surface area contributed by atoms with E-state index in [1.165, 1.54) is 0 Å². The lowest BCUT2D eigenvalue weighted by atomic mass is 9.95. The van der Waals surface area contributed by atoms with E-state index in [2.05, 4.69) is 5.32 Å². The molecule has 0 heterocycles. The van der Waals surface area contributed by atoms with Gasteiger partial charge in [-0.2, -0.15) is 0 Å². The fourth-order valence-electron chi connectivity index (χ4n) is 1.75. The van der Waals surface area contributed by atoms with Crippen molar-refractivity contribution < 1.29 is 14.8 Å². The van der Waals surface area contributed by atoms with Crippen LogP contribution in [0.3, 0.4) is 0 Å². The van der Waals surface area contributed by atoms with Gasteiger partial charge < -0.3 is 5.32 Å². The van der Waals surface area contributed by atoms with E-state index in [1.807, 2.05) is 32.9 Å². The van der Waals surface area contributed by atoms with Crippen molar-refractivity contribution in [3.8, 4) is 0 Å². The summed E-state index contributed by atoms with van der Waals surface area (Å²) in [5, 5.41) is 11.4. The molecule has 1 aromatic rings. The summed E-state index contributed by atoms with van der Waals surface area (Å²) < 4.78 is 0. The van der Waals surface area contributed by atoms with Gasteiger partial charge in [-0.15, -0.1) is 0 Å². The number of carbonyl (C=O) groups is 2. The van der Waals surface area contributed by atoms with Crippen LogP contribution >= 0.6 is 0 Å². The second kappa shape index (κ2) is 6.89. The molecule has 0 saturated heterocycles. The summed E-state index contributed by atoms with van der Waals surface area (Å²) in [5.41, 5.74) is 3.27. The van der Waals surface area contributed by atoms with Gasteiger partial charge in [0.1, 0.15) is 5.92 Å². The molecule has 0 spiro atoms. The second-order valence-electron chi connectivity index (χ2n) is 5.01. The summed E-state index contributed by atoms with van der Waals surface area (Å²) in [6.45, 7) is 5.78. The molecule has 3 N–H and O–H groups in total. The van der Waals surface area contributed by atoms with Crippen LogP contribution in [0.25, 0.3) is 0 Å². The fourth-order valence-corrected chi connectivity index (χ4v) is 1.75. The van der Waals surface area contributed by atoms with Crippen LogP contribution in [-0.2, 0) is 9.59 Å². The molecule has 5 heteroatoms. The molecule has 1 aromatic carbocycles. The molecule has 0 aliphatic carbocycles. The molecule has 1 rings (SSSR count). The van der Waals surface area contributed by atoms with E-state index in [-0.39, 0.29) is 5.92 Å². The maximum absolute atomic E-state index is 12.1. The molecule has 0 saturated carbocycles. The van der Waals surface area contributed by atoms with Crippen molar-refractivity contribution in [2.75, 3.05) is 5.32 Å². The molecule has 104 valence electrons. The molecule has 1 atom stereocenters. The molecule has 0 radical (unpaired) electrons. The minimum Gasteiger partial charge on any atom is -0.325 e. The summed E-state index contributed by atoms with van der Waals surface area (Å²) in [6.07, 6.45) is 0.379. The standard InChI is InChI=1S/C14H20N2O3/c1-9(2)8-12(14(18)16-19)13(17)15-11-6-4-10(3)5-7-11/h4-7,9,12,19H,8H2,1-3H3,(H,15,17)(H,16,18). The topological polar surface area (TPSA) is 78.4 Å². The molecule has 0 fully saturated rings. The maximum atomic E-state index is 12.1. The van der Waals surface area contributed by atoms with E-state index in [4.69, 9.17) is 5.21 Å². The smallest absolute Gasteiger partial charge is 0.255 e. The molecule has 5 nitrogen and oxygen atoms in total. The van der Waals surface area contributed by atoms with Gasteiger partial charge in [0.15, 0.2) is 0 Å². The van der Waals surface area contributed by atoms with E-state index in [9.17, 15) is 9.59 Å². The third kappa shape index (κ3) is 4.71. The number of rotatable bonds is 5. The van der Waals surface area contributed by atoms with Crippen molar-refractivity contribution in [1.29, 1.82) is 0 Å². The Balaban J connectivity index is 2.76. The molecule has 0 aliphatic rings. The Labute approximate surface area is 113 Å². The summed E-state index contributed by atoms with van der Waals surface area (Å²) >= 11 is 0. The van der Waals surface area contributed by atoms with E-state index < -0.39 is 17.7 Å². The summed E-state index contributed by atoms with van der Waals surface area (Å²) in [7, 11) is 0. The lowest BCUT2D eigenvalue weighted by Crippen LogP contribution is -2.37. The van der Waals surface area contributed by atoms with Crippen LogP contribution in [0.5, 0.6) is 0 Å². The third-order valence-electron chi connectivity index (χ3n) is 2.77. The number of amides is 2. The Hall–Kier alpha value is -1.88. The normalized spacial score (nSPS) is 12.1. The van der Waals surface area contributed by atoms with Crippen molar-refractivity contribution in [3.63, 3.8) is 0 Å². The number of hydroxylamine groups is 1. The van der Waals surface area contributed by atoms with Gasteiger partial charge in [-0.05, 0) is 31.4 Å². The Kier molecular flexibility index (Phi) is 5.51. The van der Waals surface area contributed by atoms with Crippen LogP contribution in [0.2, 0.25) is 0 Å². The van der Waals surface area contributed by atoms with E-state index >= 15 is 0 Å². The van der Waals surface area contributed by atoms with Crippen molar-refractivity contribution in [2.24, 2.45) is 11.8 Å². The molecule has 1 unspecified atom stereocenters. The highest BCUT2D eigenvalue weighted by Crippen LogP contribution is 2.16. The Morgan fingerprint density at radius 1 is 1.16 bits per heavy atom. The SMILES string of the molecule is Cc1ccc(NC(=O)C(CC(C)C)C(=O)NO)cc1. The lowest BCUT2D eigenvalue weighted by Gasteiger charge is -2.16. The highest BCUT2D eigenvalue weighted by molar-refractivity contribution is 6.06. The number of benzene rings is 1. The zero-order chi connectivity index (χ0) is 14.4. The summed E-state index contributed by atoms with van der Waals surface area (Å²) in [6, 6.07) is 7.30. The quantitative estimate of drug-likeness (QED) is 0.433. The van der Waals surface area contributed by atoms with Crippen LogP contribution in [0.1, 0.15) is 25.8 Å². The highest BCUT2D eigenvalue weighted by atomic mass is 16.5. The van der Waals surface area contributed by atoms with Gasteiger partial charge in [-0.3, -0.25) is 14.8 Å². The Morgan fingerprint density at radius 3 is 2.21 bits per heavy atom. The first kappa shape index (κ1) is 15.2. The minimum atomic E-state index is -0.897. The second-order valence-corrected chi connectivity index (χ2v) is 5.01. The zero-order valence-electron chi connectivity index (χ0n) is 11.4. The van der Waals surface area contributed by atoms with Gasteiger partial charge in [0.2, 0.25) is 5.91 Å². The number of hydrogen-bond acceptors (Lipinski definition) is 3. The zero-order valence-corrected chi connectivity index (χ0v) is 11.4. The van der Waals surface area contributed by atoms with Crippen molar-refractivity contribution in [3.05, 3.63) is 29.8 Å². The number of nitrogens with one attached hydrogen (secondary N) is 2. The van der Waals surface area contributed by atoms with Crippen LogP contribution < -0.4 is 10.8 Å². The molecular weight excluding hydrogens is 244 g/mol. The van der Waals surface area contributed by atoms with Gasteiger partial charge in [0.25, 0.3) is 5.91 Å². The van der Waals surface area contributed by atoms with Gasteiger partial charge in [0, 0.05) is 5.69 Å². The van der Waals surface area contributed by atoms with Crippen molar-refractivity contribution in [1.82, 2.24) is 5.48 Å². The molecule has 2 amide bonds. The first-order valence-electron chi connectivity index (χ1n) is 6.25. The highest BCUT2D eigenvalue weighted by Gasteiger charge is 2.27. The number of carbonyl (C=O) groups excluding carboxylic acids is 2. The molecule has 0 aliphatic heterocycles. The first-order valence-corrected chi connectivity index (χ1v) is 6.25. The summed E-state index contributed by atoms with van der Waals surface area (Å²) in [4.78, 5) is 23.6. The number of hydrogen-bond donors (Lipinski definition) is 3. The van der Waals surface area contributed by atoms with Gasteiger partial charge >= 0.3 is 0 Å². The van der Waals surface area contributed by atoms with E-state index in [0.29, 0.717) is 12.1 Å². The number of anilines is 1. The average molecular weight is 264 g/mol. The van der Waals surface area contributed by atoms with E-state index in [0.717, 1.165) is 5.56 Å². The average Bonchev–Trinajstić information content (AvgIpc) is 2.37. The van der Waals surface area contributed by atoms with E-state index in [1.54, 1.807) is 17.6 Å². The molecule has 19 heavy (non-hydrogen) atoms. The lowest BCUT2D eigenvalue weighted by molar-refractivity contribution is -0.139.